The molecule has 2 aromatic carbocycles. The standard InChI is InChI=1S/C34H44N4O/c1-2-30-16-9-17-31-32(34(39)35-26-29-14-7-4-8-15-29)27-38(33(30)31)22-11-21-36-19-10-20-37(25-24-36)23-18-28-12-5-3-6-13-28/h3-5,7-9,12,14-17,27H,2,6,10-11,13,18-26H2,1H3,(H,35,39). The Hall–Kier alpha value is -3.15. The van der Waals surface area contributed by atoms with Crippen molar-refractivity contribution < 1.29 is 4.79 Å². The first kappa shape index (κ1) is 27.4. The van der Waals surface area contributed by atoms with Crippen LogP contribution in [-0.4, -0.2) is 59.5 Å². The van der Waals surface area contributed by atoms with Crippen molar-refractivity contribution in [3.63, 3.8) is 0 Å². The van der Waals surface area contributed by atoms with E-state index in [0.717, 1.165) is 49.0 Å². The summed E-state index contributed by atoms with van der Waals surface area (Å²) in [6.45, 7) is 10.7. The topological polar surface area (TPSA) is 40.5 Å². The van der Waals surface area contributed by atoms with Crippen molar-refractivity contribution in [1.29, 1.82) is 0 Å². The average molecular weight is 525 g/mol. The van der Waals surface area contributed by atoms with E-state index >= 15 is 0 Å². The monoisotopic (exact) mass is 524 g/mol. The van der Waals surface area contributed by atoms with Crippen LogP contribution in [-0.2, 0) is 19.5 Å². The van der Waals surface area contributed by atoms with Gasteiger partial charge in [0.15, 0.2) is 0 Å². The number of carbonyl (C=O) groups is 1. The van der Waals surface area contributed by atoms with Gasteiger partial charge in [-0.25, -0.2) is 0 Å². The van der Waals surface area contributed by atoms with E-state index in [2.05, 4.69) is 69.2 Å². The zero-order chi connectivity index (χ0) is 26.9. The Morgan fingerprint density at radius 3 is 2.51 bits per heavy atom. The van der Waals surface area contributed by atoms with Crippen LogP contribution in [0.2, 0.25) is 0 Å². The molecule has 39 heavy (non-hydrogen) atoms. The summed E-state index contributed by atoms with van der Waals surface area (Å²) in [5.74, 6) is 0.00322. The Morgan fingerprint density at radius 1 is 0.923 bits per heavy atom. The number of rotatable bonds is 11. The maximum atomic E-state index is 13.2. The van der Waals surface area contributed by atoms with Crippen LogP contribution in [0.1, 0.15) is 60.5 Å². The molecule has 5 heteroatoms. The molecule has 0 atom stereocenters. The second kappa shape index (κ2) is 13.8. The summed E-state index contributed by atoms with van der Waals surface area (Å²) in [6, 6.07) is 16.5. The molecule has 206 valence electrons. The summed E-state index contributed by atoms with van der Waals surface area (Å²) >= 11 is 0. The Balaban J connectivity index is 1.17. The van der Waals surface area contributed by atoms with E-state index in [1.807, 2.05) is 30.3 Å². The van der Waals surface area contributed by atoms with Crippen LogP contribution < -0.4 is 5.32 Å². The Morgan fingerprint density at radius 2 is 1.74 bits per heavy atom. The summed E-state index contributed by atoms with van der Waals surface area (Å²) in [6.07, 6.45) is 15.9. The molecule has 5 rings (SSSR count). The molecular weight excluding hydrogens is 480 g/mol. The second-order valence-corrected chi connectivity index (χ2v) is 11.0. The highest BCUT2D eigenvalue weighted by Gasteiger charge is 2.18. The average Bonchev–Trinajstić information content (AvgIpc) is 3.21. The summed E-state index contributed by atoms with van der Waals surface area (Å²) in [4.78, 5) is 18.5. The Bertz CT molecular complexity index is 1290. The summed E-state index contributed by atoms with van der Waals surface area (Å²) in [5.41, 5.74) is 6.03. The maximum absolute atomic E-state index is 13.2. The number of carbonyl (C=O) groups excluding carboxylic acids is 1. The summed E-state index contributed by atoms with van der Waals surface area (Å²) in [7, 11) is 0. The van der Waals surface area contributed by atoms with Crippen LogP contribution in [0, 0.1) is 0 Å². The van der Waals surface area contributed by atoms with Crippen molar-refractivity contribution in [2.75, 3.05) is 39.3 Å². The number of fused-ring (bicyclic) bond motifs is 1. The van der Waals surface area contributed by atoms with Crippen molar-refractivity contribution in [3.8, 4) is 0 Å². The van der Waals surface area contributed by atoms with Crippen molar-refractivity contribution in [3.05, 3.63) is 95.2 Å². The molecule has 1 N–H and O–H groups in total. The smallest absolute Gasteiger partial charge is 0.253 e. The third-order valence-electron chi connectivity index (χ3n) is 8.31. The number of nitrogens with one attached hydrogen (secondary N) is 1. The third-order valence-corrected chi connectivity index (χ3v) is 8.31. The normalized spacial score (nSPS) is 16.8. The number of amides is 1. The lowest BCUT2D eigenvalue weighted by molar-refractivity contribution is 0.0952. The fourth-order valence-electron chi connectivity index (χ4n) is 6.05. The largest absolute Gasteiger partial charge is 0.348 e. The number of para-hydroxylation sites is 1. The fraction of sp³-hybridized carbons (Fsp3) is 0.441. The van der Waals surface area contributed by atoms with Crippen LogP contribution in [0.15, 0.2) is 78.5 Å². The van der Waals surface area contributed by atoms with Gasteiger partial charge in [-0.05, 0) is 69.3 Å². The second-order valence-electron chi connectivity index (χ2n) is 11.0. The molecule has 5 nitrogen and oxygen atoms in total. The first-order valence-corrected chi connectivity index (χ1v) is 14.9. The zero-order valence-electron chi connectivity index (χ0n) is 23.6. The van der Waals surface area contributed by atoms with E-state index in [0.29, 0.717) is 6.54 Å². The van der Waals surface area contributed by atoms with Crippen LogP contribution >= 0.6 is 0 Å². The lowest BCUT2D eigenvalue weighted by atomic mass is 10.0. The maximum Gasteiger partial charge on any atom is 0.253 e. The van der Waals surface area contributed by atoms with Gasteiger partial charge in [0.1, 0.15) is 0 Å². The molecule has 2 aliphatic rings. The van der Waals surface area contributed by atoms with Gasteiger partial charge in [0.2, 0.25) is 0 Å². The number of hydrogen-bond donors (Lipinski definition) is 1. The van der Waals surface area contributed by atoms with E-state index in [9.17, 15) is 4.79 Å². The molecule has 0 spiro atoms. The molecule has 1 aliphatic heterocycles. The molecule has 2 heterocycles. The van der Waals surface area contributed by atoms with E-state index in [1.54, 1.807) is 5.57 Å². The van der Waals surface area contributed by atoms with Crippen molar-refractivity contribution in [2.24, 2.45) is 0 Å². The van der Waals surface area contributed by atoms with Gasteiger partial charge in [0.05, 0.1) is 11.1 Å². The Kier molecular flexibility index (Phi) is 9.68. The van der Waals surface area contributed by atoms with Gasteiger partial charge in [-0.3, -0.25) is 4.79 Å². The van der Waals surface area contributed by atoms with Gasteiger partial charge in [0.25, 0.3) is 5.91 Å². The minimum Gasteiger partial charge on any atom is -0.348 e. The molecular formula is C34H44N4O. The van der Waals surface area contributed by atoms with Gasteiger partial charge < -0.3 is 19.7 Å². The number of benzene rings is 2. The summed E-state index contributed by atoms with van der Waals surface area (Å²) in [5, 5.41) is 4.20. The first-order chi connectivity index (χ1) is 19.2. The lowest BCUT2D eigenvalue weighted by Gasteiger charge is -2.22. The highest BCUT2D eigenvalue weighted by molar-refractivity contribution is 6.07. The molecule has 1 saturated heterocycles. The van der Waals surface area contributed by atoms with Gasteiger partial charge in [0, 0.05) is 44.3 Å². The van der Waals surface area contributed by atoms with Crippen molar-refractivity contribution in [1.82, 2.24) is 19.7 Å². The minimum atomic E-state index is 0.00322. The predicted octanol–water partition coefficient (Wildman–Crippen LogP) is 6.20. The lowest BCUT2D eigenvalue weighted by Crippen LogP contribution is -2.32. The van der Waals surface area contributed by atoms with Crippen LogP contribution in [0.25, 0.3) is 10.9 Å². The number of nitrogens with zero attached hydrogens (tertiary/aromatic N) is 3. The molecule has 0 saturated carbocycles. The molecule has 3 aromatic rings. The number of hydrogen-bond acceptors (Lipinski definition) is 3. The molecule has 1 aromatic heterocycles. The third kappa shape index (κ3) is 7.28. The molecule has 0 radical (unpaired) electrons. The van der Waals surface area contributed by atoms with Gasteiger partial charge in [-0.2, -0.15) is 0 Å². The minimum absolute atomic E-state index is 0.00322. The summed E-state index contributed by atoms with van der Waals surface area (Å²) < 4.78 is 2.34. The van der Waals surface area contributed by atoms with Crippen LogP contribution in [0.3, 0.4) is 0 Å². The van der Waals surface area contributed by atoms with E-state index < -0.39 is 0 Å². The quantitative estimate of drug-likeness (QED) is 0.325. The first-order valence-electron chi connectivity index (χ1n) is 14.9. The van der Waals surface area contributed by atoms with Gasteiger partial charge in [-0.15, -0.1) is 0 Å². The van der Waals surface area contributed by atoms with Crippen molar-refractivity contribution in [2.45, 2.75) is 58.5 Å². The van der Waals surface area contributed by atoms with Crippen molar-refractivity contribution >= 4 is 16.8 Å². The molecule has 0 unspecified atom stereocenters. The van der Waals surface area contributed by atoms with Gasteiger partial charge >= 0.3 is 0 Å². The number of allylic oxidation sites excluding steroid dienone is 3. The molecule has 1 amide bonds. The van der Waals surface area contributed by atoms with Crippen LogP contribution in [0.5, 0.6) is 0 Å². The van der Waals surface area contributed by atoms with E-state index in [-0.39, 0.29) is 5.91 Å². The van der Waals surface area contributed by atoms with E-state index in [4.69, 9.17) is 0 Å². The number of aromatic nitrogens is 1. The highest BCUT2D eigenvalue weighted by atomic mass is 16.1. The highest BCUT2D eigenvalue weighted by Crippen LogP contribution is 2.26. The molecule has 0 bridgehead atoms. The molecule has 1 aliphatic carbocycles. The predicted molar refractivity (Wildman–Crippen MR) is 162 cm³/mol. The zero-order valence-corrected chi connectivity index (χ0v) is 23.6. The fourth-order valence-corrected chi connectivity index (χ4v) is 6.05. The SMILES string of the molecule is CCc1cccc2c(C(=O)NCc3ccccc3)cn(CCCN3CCCN(CCC4=CC=CCC4)CC3)c12. The van der Waals surface area contributed by atoms with Gasteiger partial charge in [-0.1, -0.05) is 79.3 Å². The van der Waals surface area contributed by atoms with Crippen LogP contribution in [0.4, 0.5) is 0 Å². The molecule has 1 fully saturated rings. The number of aryl methyl sites for hydroxylation is 2. The Labute approximate surface area is 234 Å². The van der Waals surface area contributed by atoms with E-state index in [1.165, 1.54) is 62.9 Å².